The highest BCUT2D eigenvalue weighted by Gasteiger charge is 2.19. The Kier molecular flexibility index (Phi) is 4.05. The standard InChI is InChI=1S/C12H19ClN4/c1-3-14-12-15-8-10(13)11(16-12)17-6-4-9(2)5-7-17/h8-9H,3-7H2,1-2H3,(H,14,15,16). The first kappa shape index (κ1) is 12.4. The molecule has 0 amide bonds. The van der Waals surface area contributed by atoms with Crippen LogP contribution < -0.4 is 10.2 Å². The van der Waals surface area contributed by atoms with E-state index in [0.29, 0.717) is 11.0 Å². The zero-order valence-electron chi connectivity index (χ0n) is 10.4. The van der Waals surface area contributed by atoms with Crippen LogP contribution in [0.1, 0.15) is 26.7 Å². The maximum Gasteiger partial charge on any atom is 0.224 e. The second kappa shape index (κ2) is 5.54. The zero-order valence-corrected chi connectivity index (χ0v) is 11.2. The van der Waals surface area contributed by atoms with Crippen LogP contribution in [0, 0.1) is 5.92 Å². The van der Waals surface area contributed by atoms with Gasteiger partial charge in [-0.25, -0.2) is 4.98 Å². The van der Waals surface area contributed by atoms with Gasteiger partial charge in [-0.05, 0) is 25.7 Å². The van der Waals surface area contributed by atoms with Crippen molar-refractivity contribution in [3.63, 3.8) is 0 Å². The molecule has 0 aliphatic carbocycles. The highest BCUT2D eigenvalue weighted by Crippen LogP contribution is 2.27. The summed E-state index contributed by atoms with van der Waals surface area (Å²) in [5.41, 5.74) is 0. The van der Waals surface area contributed by atoms with Crippen LogP contribution in [0.15, 0.2) is 6.20 Å². The van der Waals surface area contributed by atoms with Gasteiger partial charge in [0.15, 0.2) is 5.82 Å². The minimum atomic E-state index is 0.640. The SMILES string of the molecule is CCNc1ncc(Cl)c(N2CCC(C)CC2)n1. The Labute approximate surface area is 107 Å². The molecule has 2 heterocycles. The average Bonchev–Trinajstić information content (AvgIpc) is 2.33. The molecule has 2 rings (SSSR count). The zero-order chi connectivity index (χ0) is 12.3. The molecule has 1 fully saturated rings. The fraction of sp³-hybridized carbons (Fsp3) is 0.667. The molecule has 1 aliphatic rings. The van der Waals surface area contributed by atoms with E-state index in [0.717, 1.165) is 31.4 Å². The monoisotopic (exact) mass is 254 g/mol. The summed E-state index contributed by atoms with van der Waals surface area (Å²) in [6, 6.07) is 0. The molecule has 0 spiro atoms. The molecule has 0 aromatic carbocycles. The van der Waals surface area contributed by atoms with Crippen molar-refractivity contribution in [1.82, 2.24) is 9.97 Å². The lowest BCUT2D eigenvalue weighted by molar-refractivity contribution is 0.436. The fourth-order valence-corrected chi connectivity index (χ4v) is 2.25. The second-order valence-electron chi connectivity index (χ2n) is 4.57. The van der Waals surface area contributed by atoms with Gasteiger partial charge >= 0.3 is 0 Å². The molecular weight excluding hydrogens is 236 g/mol. The van der Waals surface area contributed by atoms with Gasteiger partial charge in [0, 0.05) is 19.6 Å². The number of hydrogen-bond donors (Lipinski definition) is 1. The molecule has 17 heavy (non-hydrogen) atoms. The van der Waals surface area contributed by atoms with Gasteiger partial charge in [0.25, 0.3) is 0 Å². The van der Waals surface area contributed by atoms with Crippen LogP contribution in [-0.4, -0.2) is 29.6 Å². The van der Waals surface area contributed by atoms with E-state index in [1.54, 1.807) is 6.20 Å². The first-order valence-electron chi connectivity index (χ1n) is 6.22. The van der Waals surface area contributed by atoms with Crippen LogP contribution in [-0.2, 0) is 0 Å². The van der Waals surface area contributed by atoms with Gasteiger partial charge < -0.3 is 10.2 Å². The third-order valence-corrected chi connectivity index (χ3v) is 3.41. The predicted molar refractivity (Wildman–Crippen MR) is 71.8 cm³/mol. The smallest absolute Gasteiger partial charge is 0.224 e. The Morgan fingerprint density at radius 3 is 2.82 bits per heavy atom. The van der Waals surface area contributed by atoms with Crippen molar-refractivity contribution in [2.75, 3.05) is 29.9 Å². The topological polar surface area (TPSA) is 41.1 Å². The van der Waals surface area contributed by atoms with Crippen molar-refractivity contribution >= 4 is 23.4 Å². The molecule has 0 radical (unpaired) electrons. The van der Waals surface area contributed by atoms with Crippen molar-refractivity contribution in [2.45, 2.75) is 26.7 Å². The van der Waals surface area contributed by atoms with Gasteiger partial charge in [0.05, 0.1) is 6.20 Å². The number of rotatable bonds is 3. The van der Waals surface area contributed by atoms with Gasteiger partial charge in [-0.2, -0.15) is 4.98 Å². The number of anilines is 2. The van der Waals surface area contributed by atoms with Gasteiger partial charge in [-0.15, -0.1) is 0 Å². The molecule has 0 bridgehead atoms. The van der Waals surface area contributed by atoms with Crippen LogP contribution in [0.2, 0.25) is 5.02 Å². The maximum absolute atomic E-state index is 6.17. The Morgan fingerprint density at radius 2 is 2.18 bits per heavy atom. The Hall–Kier alpha value is -1.03. The van der Waals surface area contributed by atoms with E-state index in [2.05, 4.69) is 27.1 Å². The lowest BCUT2D eigenvalue weighted by atomic mass is 9.99. The molecule has 0 unspecified atom stereocenters. The Morgan fingerprint density at radius 1 is 1.47 bits per heavy atom. The third kappa shape index (κ3) is 3.00. The maximum atomic E-state index is 6.17. The number of hydrogen-bond acceptors (Lipinski definition) is 4. The van der Waals surface area contributed by atoms with Crippen LogP contribution in [0.3, 0.4) is 0 Å². The lowest BCUT2D eigenvalue weighted by Gasteiger charge is -2.31. The molecule has 0 saturated carbocycles. The van der Waals surface area contributed by atoms with Crippen LogP contribution in [0.4, 0.5) is 11.8 Å². The Bertz CT molecular complexity index is 375. The lowest BCUT2D eigenvalue weighted by Crippen LogP contribution is -2.33. The normalized spacial score (nSPS) is 17.2. The number of nitrogens with one attached hydrogen (secondary N) is 1. The fourth-order valence-electron chi connectivity index (χ4n) is 2.04. The highest BCUT2D eigenvalue weighted by molar-refractivity contribution is 6.32. The van der Waals surface area contributed by atoms with E-state index < -0.39 is 0 Å². The first-order valence-corrected chi connectivity index (χ1v) is 6.60. The summed E-state index contributed by atoms with van der Waals surface area (Å²) in [5, 5.41) is 3.76. The van der Waals surface area contributed by atoms with E-state index in [-0.39, 0.29) is 0 Å². The molecular formula is C12H19ClN4. The van der Waals surface area contributed by atoms with Crippen LogP contribution >= 0.6 is 11.6 Å². The second-order valence-corrected chi connectivity index (χ2v) is 4.97. The number of aromatic nitrogens is 2. The minimum Gasteiger partial charge on any atom is -0.355 e. The minimum absolute atomic E-state index is 0.640. The quantitative estimate of drug-likeness (QED) is 0.901. The van der Waals surface area contributed by atoms with Crippen molar-refractivity contribution in [3.8, 4) is 0 Å². The van der Waals surface area contributed by atoms with E-state index in [9.17, 15) is 0 Å². The molecule has 1 N–H and O–H groups in total. The third-order valence-electron chi connectivity index (χ3n) is 3.14. The van der Waals surface area contributed by atoms with Gasteiger partial charge in [-0.1, -0.05) is 18.5 Å². The van der Waals surface area contributed by atoms with Crippen LogP contribution in [0.5, 0.6) is 0 Å². The van der Waals surface area contributed by atoms with E-state index in [1.165, 1.54) is 12.8 Å². The number of halogens is 1. The predicted octanol–water partition coefficient (Wildman–Crippen LogP) is 2.80. The van der Waals surface area contributed by atoms with E-state index in [1.807, 2.05) is 6.92 Å². The van der Waals surface area contributed by atoms with Gasteiger partial charge in [-0.3, -0.25) is 0 Å². The molecule has 1 saturated heterocycles. The number of nitrogens with zero attached hydrogens (tertiary/aromatic N) is 3. The summed E-state index contributed by atoms with van der Waals surface area (Å²) in [4.78, 5) is 10.9. The van der Waals surface area contributed by atoms with Crippen molar-refractivity contribution in [2.24, 2.45) is 5.92 Å². The van der Waals surface area contributed by atoms with Gasteiger partial charge in [0.2, 0.25) is 5.95 Å². The summed E-state index contributed by atoms with van der Waals surface area (Å²) in [6.07, 6.45) is 4.09. The molecule has 1 aromatic heterocycles. The van der Waals surface area contributed by atoms with Crippen molar-refractivity contribution < 1.29 is 0 Å². The molecule has 4 nitrogen and oxygen atoms in total. The van der Waals surface area contributed by atoms with Gasteiger partial charge in [0.1, 0.15) is 5.02 Å². The summed E-state index contributed by atoms with van der Waals surface area (Å²) in [6.45, 7) is 7.20. The first-order chi connectivity index (χ1) is 8.20. The summed E-state index contributed by atoms with van der Waals surface area (Å²) >= 11 is 6.17. The molecule has 94 valence electrons. The van der Waals surface area contributed by atoms with Crippen molar-refractivity contribution in [3.05, 3.63) is 11.2 Å². The largest absolute Gasteiger partial charge is 0.355 e. The van der Waals surface area contributed by atoms with Crippen LogP contribution in [0.25, 0.3) is 0 Å². The molecule has 5 heteroatoms. The summed E-state index contributed by atoms with van der Waals surface area (Å²) < 4.78 is 0. The van der Waals surface area contributed by atoms with Crippen molar-refractivity contribution in [1.29, 1.82) is 0 Å². The number of piperidine rings is 1. The highest BCUT2D eigenvalue weighted by atomic mass is 35.5. The summed E-state index contributed by atoms with van der Waals surface area (Å²) in [5.74, 6) is 2.33. The molecule has 0 atom stereocenters. The molecule has 1 aromatic rings. The average molecular weight is 255 g/mol. The Balaban J connectivity index is 2.15. The molecule has 1 aliphatic heterocycles. The van der Waals surface area contributed by atoms with E-state index in [4.69, 9.17) is 11.6 Å². The van der Waals surface area contributed by atoms with E-state index >= 15 is 0 Å². The summed E-state index contributed by atoms with van der Waals surface area (Å²) in [7, 11) is 0.